The van der Waals surface area contributed by atoms with E-state index in [1.54, 1.807) is 24.5 Å². The fourth-order valence-corrected chi connectivity index (χ4v) is 1.78. The van der Waals surface area contributed by atoms with Gasteiger partial charge in [-0.1, -0.05) is 6.92 Å². The van der Waals surface area contributed by atoms with Gasteiger partial charge in [-0.2, -0.15) is 0 Å². The van der Waals surface area contributed by atoms with Gasteiger partial charge in [0.15, 0.2) is 5.69 Å². The third-order valence-electron chi connectivity index (χ3n) is 2.88. The number of carbonyl (C=O) groups is 1. The molecule has 1 amide bonds. The molecule has 0 atom stereocenters. The van der Waals surface area contributed by atoms with E-state index in [0.717, 1.165) is 31.6 Å². The third-order valence-corrected chi connectivity index (χ3v) is 2.88. The average Bonchev–Trinajstić information content (AvgIpc) is 3.03. The van der Waals surface area contributed by atoms with Crippen molar-refractivity contribution in [3.8, 4) is 0 Å². The molecule has 7 nitrogen and oxygen atoms in total. The molecule has 2 rings (SSSR count). The highest BCUT2D eigenvalue weighted by atomic mass is 16.1. The molecule has 0 aliphatic carbocycles. The van der Waals surface area contributed by atoms with E-state index < -0.39 is 0 Å². The number of hydrogen-bond donors (Lipinski definition) is 3. The van der Waals surface area contributed by atoms with Crippen LogP contribution in [0, 0.1) is 0 Å². The van der Waals surface area contributed by atoms with Crippen LogP contribution in [0.1, 0.15) is 36.1 Å². The third kappa shape index (κ3) is 4.87. The number of carbonyl (C=O) groups excluding carboxylic acids is 1. The number of aromatic amines is 1. The highest BCUT2D eigenvalue weighted by molar-refractivity contribution is 5.92. The van der Waals surface area contributed by atoms with E-state index in [9.17, 15) is 4.79 Å². The van der Waals surface area contributed by atoms with E-state index in [-0.39, 0.29) is 5.91 Å². The molecule has 0 aromatic carbocycles. The number of imidazole rings is 1. The number of anilines is 1. The fourth-order valence-electron chi connectivity index (χ4n) is 1.78. The van der Waals surface area contributed by atoms with Crippen LogP contribution in [-0.2, 0) is 6.42 Å². The summed E-state index contributed by atoms with van der Waals surface area (Å²) in [5, 5.41) is 13.8. The summed E-state index contributed by atoms with van der Waals surface area (Å²) >= 11 is 0. The van der Waals surface area contributed by atoms with Crippen molar-refractivity contribution >= 4 is 11.7 Å². The predicted molar refractivity (Wildman–Crippen MR) is 80.1 cm³/mol. The van der Waals surface area contributed by atoms with Crippen LogP contribution in [0.5, 0.6) is 0 Å². The largest absolute Gasteiger partial charge is 0.369 e. The zero-order valence-electron chi connectivity index (χ0n) is 12.1. The first-order chi connectivity index (χ1) is 10.3. The number of nitrogens with one attached hydrogen (secondary N) is 3. The Morgan fingerprint density at radius 3 is 2.86 bits per heavy atom. The maximum Gasteiger partial charge on any atom is 0.271 e. The molecule has 112 valence electrons. The van der Waals surface area contributed by atoms with Gasteiger partial charge in [-0.15, -0.1) is 10.2 Å². The van der Waals surface area contributed by atoms with Crippen LogP contribution >= 0.6 is 0 Å². The number of aryl methyl sites for hydroxylation is 1. The molecule has 0 radical (unpaired) electrons. The highest BCUT2D eigenvalue weighted by Crippen LogP contribution is 2.02. The van der Waals surface area contributed by atoms with Gasteiger partial charge >= 0.3 is 0 Å². The summed E-state index contributed by atoms with van der Waals surface area (Å²) in [5.41, 5.74) is 0.329. The number of H-pyrrole nitrogens is 1. The minimum Gasteiger partial charge on any atom is -0.369 e. The number of nitrogens with zero attached hydrogens (tertiary/aromatic N) is 3. The lowest BCUT2D eigenvalue weighted by molar-refractivity contribution is 0.0947. The van der Waals surface area contributed by atoms with E-state index in [4.69, 9.17) is 0 Å². The lowest BCUT2D eigenvalue weighted by atomic mass is 10.3. The summed E-state index contributed by atoms with van der Waals surface area (Å²) in [6.45, 7) is 3.50. The maximum absolute atomic E-state index is 11.9. The van der Waals surface area contributed by atoms with E-state index in [1.165, 1.54) is 0 Å². The maximum atomic E-state index is 11.9. The first-order valence-electron chi connectivity index (χ1n) is 7.13. The second kappa shape index (κ2) is 7.98. The Hall–Kier alpha value is -2.44. The van der Waals surface area contributed by atoms with Crippen LogP contribution in [-0.4, -0.2) is 39.2 Å². The summed E-state index contributed by atoms with van der Waals surface area (Å²) in [5.74, 6) is 1.41. The Bertz CT molecular complexity index is 537. The number of aromatic nitrogens is 4. The Morgan fingerprint density at radius 1 is 1.29 bits per heavy atom. The van der Waals surface area contributed by atoms with Crippen molar-refractivity contribution < 1.29 is 4.79 Å². The van der Waals surface area contributed by atoms with Crippen LogP contribution < -0.4 is 10.6 Å². The lowest BCUT2D eigenvalue weighted by Crippen LogP contribution is -2.26. The first-order valence-corrected chi connectivity index (χ1v) is 7.13. The van der Waals surface area contributed by atoms with Crippen LogP contribution in [0.25, 0.3) is 0 Å². The molecule has 2 aromatic heterocycles. The zero-order valence-corrected chi connectivity index (χ0v) is 12.1. The van der Waals surface area contributed by atoms with Gasteiger partial charge in [-0.3, -0.25) is 4.79 Å². The average molecular weight is 288 g/mol. The summed E-state index contributed by atoms with van der Waals surface area (Å²) in [7, 11) is 0. The van der Waals surface area contributed by atoms with Crippen LogP contribution in [0.4, 0.5) is 5.82 Å². The number of amides is 1. The number of hydrogen-bond acceptors (Lipinski definition) is 5. The molecule has 21 heavy (non-hydrogen) atoms. The lowest BCUT2D eigenvalue weighted by Gasteiger charge is -2.05. The van der Waals surface area contributed by atoms with E-state index >= 15 is 0 Å². The minimum atomic E-state index is -0.205. The van der Waals surface area contributed by atoms with Crippen LogP contribution in [0.3, 0.4) is 0 Å². The summed E-state index contributed by atoms with van der Waals surface area (Å²) in [6.07, 6.45) is 6.15. The number of rotatable bonds is 8. The van der Waals surface area contributed by atoms with Gasteiger partial charge in [0.25, 0.3) is 5.91 Å². The second-order valence-electron chi connectivity index (χ2n) is 4.63. The monoisotopic (exact) mass is 288 g/mol. The summed E-state index contributed by atoms with van der Waals surface area (Å²) < 4.78 is 0. The van der Waals surface area contributed by atoms with Crippen molar-refractivity contribution in [2.75, 3.05) is 18.4 Å². The van der Waals surface area contributed by atoms with Crippen molar-refractivity contribution in [1.82, 2.24) is 25.5 Å². The highest BCUT2D eigenvalue weighted by Gasteiger charge is 2.07. The molecule has 7 heteroatoms. The Labute approximate surface area is 123 Å². The van der Waals surface area contributed by atoms with Crippen molar-refractivity contribution in [2.24, 2.45) is 0 Å². The minimum absolute atomic E-state index is 0.205. The molecule has 0 spiro atoms. The van der Waals surface area contributed by atoms with E-state index in [2.05, 4.69) is 37.7 Å². The van der Waals surface area contributed by atoms with Gasteiger partial charge in [-0.25, -0.2) is 4.98 Å². The Kier molecular flexibility index (Phi) is 5.69. The van der Waals surface area contributed by atoms with Gasteiger partial charge in [0.1, 0.15) is 11.6 Å². The van der Waals surface area contributed by atoms with Crippen molar-refractivity contribution in [2.45, 2.75) is 26.2 Å². The van der Waals surface area contributed by atoms with Gasteiger partial charge in [-0.05, 0) is 25.0 Å². The first kappa shape index (κ1) is 15.0. The van der Waals surface area contributed by atoms with Crippen LogP contribution in [0.2, 0.25) is 0 Å². The van der Waals surface area contributed by atoms with Crippen molar-refractivity contribution in [1.29, 1.82) is 0 Å². The normalized spacial score (nSPS) is 10.3. The Morgan fingerprint density at radius 2 is 2.19 bits per heavy atom. The zero-order chi connectivity index (χ0) is 14.9. The van der Waals surface area contributed by atoms with Gasteiger partial charge in [0, 0.05) is 31.9 Å². The molecule has 0 bridgehead atoms. The van der Waals surface area contributed by atoms with E-state index in [1.807, 2.05) is 0 Å². The topological polar surface area (TPSA) is 95.6 Å². The standard InChI is InChI=1S/C14H20N6O/c1-2-7-15-13-6-5-11(19-20-13)14(21)18-8-3-4-12-16-9-10-17-12/h5-6,9-10H,2-4,7-8H2,1H3,(H,15,20)(H,16,17)(H,18,21). The molecule has 0 unspecified atom stereocenters. The predicted octanol–water partition coefficient (Wildman–Crippen LogP) is 1.38. The van der Waals surface area contributed by atoms with E-state index in [0.29, 0.717) is 18.1 Å². The smallest absolute Gasteiger partial charge is 0.271 e. The molecular formula is C14H20N6O. The van der Waals surface area contributed by atoms with Gasteiger partial charge in [0.05, 0.1) is 0 Å². The molecule has 2 aromatic rings. The molecule has 0 saturated carbocycles. The van der Waals surface area contributed by atoms with Crippen LogP contribution in [0.15, 0.2) is 24.5 Å². The van der Waals surface area contributed by atoms with Crippen molar-refractivity contribution in [3.05, 3.63) is 36.0 Å². The molecule has 0 aliphatic rings. The molecule has 0 fully saturated rings. The van der Waals surface area contributed by atoms with Crippen molar-refractivity contribution in [3.63, 3.8) is 0 Å². The SMILES string of the molecule is CCCNc1ccc(C(=O)NCCCc2ncc[nH]2)nn1. The molecule has 2 heterocycles. The van der Waals surface area contributed by atoms with Gasteiger partial charge < -0.3 is 15.6 Å². The Balaban J connectivity index is 1.72. The summed E-state index contributed by atoms with van der Waals surface area (Å²) in [4.78, 5) is 19.0. The molecule has 0 saturated heterocycles. The summed E-state index contributed by atoms with van der Waals surface area (Å²) in [6, 6.07) is 3.44. The molecule has 0 aliphatic heterocycles. The van der Waals surface area contributed by atoms with Gasteiger partial charge in [0.2, 0.25) is 0 Å². The fraction of sp³-hybridized carbons (Fsp3) is 0.429. The second-order valence-corrected chi connectivity index (χ2v) is 4.63. The quantitative estimate of drug-likeness (QED) is 0.638. The molecular weight excluding hydrogens is 268 g/mol. The molecule has 3 N–H and O–H groups in total.